The molecule has 2 saturated heterocycles. The predicted octanol–water partition coefficient (Wildman–Crippen LogP) is 7.92. The van der Waals surface area contributed by atoms with Gasteiger partial charge in [-0.1, -0.05) is 47.0 Å². The lowest BCUT2D eigenvalue weighted by Crippen LogP contribution is -2.62. The molecule has 8 nitrogen and oxygen atoms in total. The fourth-order valence-electron chi connectivity index (χ4n) is 8.54. The molecule has 0 saturated carbocycles. The van der Waals surface area contributed by atoms with Gasteiger partial charge in [-0.2, -0.15) is 15.0 Å². The third-order valence-electron chi connectivity index (χ3n) is 8.69. The van der Waals surface area contributed by atoms with Crippen molar-refractivity contribution in [2.75, 3.05) is 22.1 Å². The van der Waals surface area contributed by atoms with Gasteiger partial charge in [0.2, 0.25) is 17.8 Å². The van der Waals surface area contributed by atoms with Crippen molar-refractivity contribution in [3.05, 3.63) is 0 Å². The highest BCUT2D eigenvalue weighted by molar-refractivity contribution is 5.46. The molecule has 0 aliphatic carbocycles. The number of hydrogen-bond donors (Lipinski definition) is 4. The van der Waals surface area contributed by atoms with Crippen LogP contribution in [0.4, 0.5) is 17.8 Å². The highest BCUT2D eigenvalue weighted by atomic mass is 15.4. The van der Waals surface area contributed by atoms with Crippen molar-refractivity contribution in [1.29, 1.82) is 0 Å². The molecule has 0 radical (unpaired) electrons. The molecule has 0 spiro atoms. The maximum Gasteiger partial charge on any atom is 0.232 e. The third kappa shape index (κ3) is 11.6. The topological polar surface area (TPSA) is 90.0 Å². The summed E-state index contributed by atoms with van der Waals surface area (Å²) in [6, 6.07) is 0.613. The van der Waals surface area contributed by atoms with Gasteiger partial charge < -0.3 is 26.2 Å². The first-order valence-corrected chi connectivity index (χ1v) is 17.1. The monoisotopic (exact) mass is 601 g/mol. The number of nitrogens with one attached hydrogen (secondary N) is 4. The molecular weight excluding hydrogens is 532 g/mol. The molecule has 43 heavy (non-hydrogen) atoms. The van der Waals surface area contributed by atoms with E-state index in [4.69, 9.17) is 15.0 Å². The minimum absolute atomic E-state index is 0.0304. The molecule has 0 atom stereocenters. The second-order valence-electron chi connectivity index (χ2n) is 18.4. The molecule has 1 aromatic rings. The maximum atomic E-state index is 5.21. The normalized spacial score (nSPS) is 22.3. The molecule has 0 bridgehead atoms. The second-order valence-corrected chi connectivity index (χ2v) is 18.4. The molecular formula is C35H68N8. The van der Waals surface area contributed by atoms with E-state index < -0.39 is 0 Å². The Morgan fingerprint density at radius 1 is 0.721 bits per heavy atom. The molecule has 248 valence electrons. The van der Waals surface area contributed by atoms with E-state index in [1.54, 1.807) is 0 Å². The van der Waals surface area contributed by atoms with Crippen molar-refractivity contribution >= 4 is 17.8 Å². The number of unbranched alkanes of at least 4 members (excludes halogenated alkanes) is 3. The highest BCUT2D eigenvalue weighted by Gasteiger charge is 2.41. The molecule has 2 aliphatic rings. The summed E-state index contributed by atoms with van der Waals surface area (Å²) < 4.78 is 0. The third-order valence-corrected chi connectivity index (χ3v) is 8.69. The van der Waals surface area contributed by atoms with Crippen LogP contribution in [0.1, 0.15) is 155 Å². The highest BCUT2D eigenvalue weighted by Crippen LogP contribution is 2.35. The van der Waals surface area contributed by atoms with E-state index in [0.29, 0.717) is 17.9 Å². The number of piperidine rings is 2. The lowest BCUT2D eigenvalue weighted by atomic mass is 9.79. The number of rotatable bonds is 12. The summed E-state index contributed by atoms with van der Waals surface area (Å²) in [5.41, 5.74) is 0.134. The van der Waals surface area contributed by atoms with Crippen LogP contribution in [0.15, 0.2) is 0 Å². The van der Waals surface area contributed by atoms with E-state index >= 15 is 0 Å². The second kappa shape index (κ2) is 13.0. The largest absolute Gasteiger partial charge is 0.351 e. The van der Waals surface area contributed by atoms with Crippen LogP contribution >= 0.6 is 0 Å². The zero-order valence-electron chi connectivity index (χ0n) is 30.5. The van der Waals surface area contributed by atoms with E-state index in [0.717, 1.165) is 51.0 Å². The number of hydrogen-bond acceptors (Lipinski definition) is 8. The minimum Gasteiger partial charge on any atom is -0.351 e. The minimum atomic E-state index is -0.169. The van der Waals surface area contributed by atoms with Crippen LogP contribution in [0.2, 0.25) is 0 Å². The summed E-state index contributed by atoms with van der Waals surface area (Å²) in [5, 5.41) is 15.2. The van der Waals surface area contributed by atoms with E-state index in [9.17, 15) is 0 Å². The van der Waals surface area contributed by atoms with Crippen LogP contribution in [-0.2, 0) is 0 Å². The van der Waals surface area contributed by atoms with Crippen LogP contribution in [0.25, 0.3) is 0 Å². The van der Waals surface area contributed by atoms with Gasteiger partial charge in [-0.05, 0) is 113 Å². The summed E-state index contributed by atoms with van der Waals surface area (Å²) >= 11 is 0. The quantitative estimate of drug-likeness (QED) is 0.180. The Morgan fingerprint density at radius 3 is 1.74 bits per heavy atom. The molecule has 8 heteroatoms. The Kier molecular flexibility index (Phi) is 10.8. The average molecular weight is 601 g/mol. The summed E-state index contributed by atoms with van der Waals surface area (Å²) in [7, 11) is 0. The van der Waals surface area contributed by atoms with Crippen LogP contribution in [0.3, 0.4) is 0 Å². The van der Waals surface area contributed by atoms with Gasteiger partial charge in [0.1, 0.15) is 0 Å². The van der Waals surface area contributed by atoms with E-state index in [2.05, 4.69) is 123 Å². The Bertz CT molecular complexity index is 1020. The van der Waals surface area contributed by atoms with E-state index in [1.807, 2.05) is 0 Å². The molecule has 3 heterocycles. The summed E-state index contributed by atoms with van der Waals surface area (Å²) in [5.74, 6) is 2.15. The zero-order chi connectivity index (χ0) is 32.5. The average Bonchev–Trinajstić information content (AvgIpc) is 2.72. The lowest BCUT2D eigenvalue weighted by Gasteiger charge is -2.49. The summed E-state index contributed by atoms with van der Waals surface area (Å²) in [6.07, 6.45) is 9.97. The van der Waals surface area contributed by atoms with Gasteiger partial charge in [-0.3, -0.25) is 0 Å². The fourth-order valence-corrected chi connectivity index (χ4v) is 8.54. The maximum absolute atomic E-state index is 5.21. The van der Waals surface area contributed by atoms with Gasteiger partial charge in [0, 0.05) is 46.3 Å². The Hall–Kier alpha value is -1.67. The van der Waals surface area contributed by atoms with E-state index in [-0.39, 0.29) is 39.2 Å². The molecule has 2 fully saturated rings. The van der Waals surface area contributed by atoms with Gasteiger partial charge in [0.05, 0.1) is 0 Å². The van der Waals surface area contributed by atoms with Crippen molar-refractivity contribution in [2.45, 2.75) is 194 Å². The smallest absolute Gasteiger partial charge is 0.232 e. The summed E-state index contributed by atoms with van der Waals surface area (Å²) in [6.45, 7) is 33.1. The first kappa shape index (κ1) is 35.8. The van der Waals surface area contributed by atoms with Crippen molar-refractivity contribution < 1.29 is 0 Å². The van der Waals surface area contributed by atoms with Crippen LogP contribution < -0.4 is 26.2 Å². The van der Waals surface area contributed by atoms with Gasteiger partial charge in [-0.25, -0.2) is 0 Å². The van der Waals surface area contributed by atoms with E-state index in [1.165, 1.54) is 19.3 Å². The van der Waals surface area contributed by atoms with Crippen molar-refractivity contribution in [2.24, 2.45) is 5.41 Å². The van der Waals surface area contributed by atoms with Crippen molar-refractivity contribution in [3.8, 4) is 0 Å². The molecule has 0 amide bonds. The molecule has 1 aromatic heterocycles. The molecule has 4 N–H and O–H groups in total. The summed E-state index contributed by atoms with van der Waals surface area (Å²) in [4.78, 5) is 17.9. The van der Waals surface area contributed by atoms with Crippen LogP contribution in [0, 0.1) is 5.41 Å². The number of nitrogens with zero attached hydrogens (tertiary/aromatic N) is 4. The molecule has 2 aliphatic heterocycles. The molecule has 0 aromatic carbocycles. The molecule has 3 rings (SSSR count). The van der Waals surface area contributed by atoms with Gasteiger partial charge in [0.15, 0.2) is 0 Å². The van der Waals surface area contributed by atoms with Gasteiger partial charge >= 0.3 is 0 Å². The first-order valence-electron chi connectivity index (χ1n) is 17.1. The van der Waals surface area contributed by atoms with Crippen molar-refractivity contribution in [3.63, 3.8) is 0 Å². The Balaban J connectivity index is 2.05. The number of aromatic nitrogens is 3. The van der Waals surface area contributed by atoms with Crippen LogP contribution in [0.5, 0.6) is 0 Å². The predicted molar refractivity (Wildman–Crippen MR) is 185 cm³/mol. The Morgan fingerprint density at radius 2 is 1.23 bits per heavy atom. The number of anilines is 3. The SMILES string of the molecule is CCCCCCN(c1nc(NC2CC(C)(C)NC(C)(C)C2)nc(NC(C)(C)CC(C)(C)C)n1)C1CC(C)(C)NC(C)(C)C1. The van der Waals surface area contributed by atoms with Crippen molar-refractivity contribution in [1.82, 2.24) is 25.6 Å². The fraction of sp³-hybridized carbons (Fsp3) is 0.914. The Labute approximate surface area is 265 Å². The van der Waals surface area contributed by atoms with Gasteiger partial charge in [0.25, 0.3) is 0 Å². The van der Waals surface area contributed by atoms with Crippen LogP contribution in [-0.4, -0.2) is 61.3 Å². The van der Waals surface area contributed by atoms with Gasteiger partial charge in [-0.15, -0.1) is 0 Å². The lowest BCUT2D eigenvalue weighted by molar-refractivity contribution is 0.157. The standard InChI is InChI=1S/C35H68N8/c1-15-16-17-18-19-43(26-22-33(9,10)42-34(11,12)23-26)29-38-27(36-25-20-31(5,6)41-32(7,8)21-25)37-28(39-29)40-35(13,14)24-30(2,3)4/h25-26,41-42H,15-24H2,1-14H3,(H2,36,37,38,39,40). The zero-order valence-corrected chi connectivity index (χ0v) is 30.5. The molecule has 0 unspecified atom stereocenters. The first-order chi connectivity index (χ1) is 19.5.